The van der Waals surface area contributed by atoms with Gasteiger partial charge in [-0.1, -0.05) is 30.3 Å². The molecule has 1 saturated heterocycles. The molecule has 0 aliphatic carbocycles. The van der Waals surface area contributed by atoms with Gasteiger partial charge in [0, 0.05) is 7.05 Å². The molecule has 29 heavy (non-hydrogen) atoms. The fourth-order valence-corrected chi connectivity index (χ4v) is 3.22. The third kappa shape index (κ3) is 5.54. The minimum Gasteiger partial charge on any atom is -0.480 e. The molecule has 1 heterocycles. The second kappa shape index (κ2) is 10.0. The van der Waals surface area contributed by atoms with E-state index in [4.69, 9.17) is 4.74 Å². The number of carbonyl (C=O) groups is 4. The van der Waals surface area contributed by atoms with Crippen molar-refractivity contribution in [1.82, 2.24) is 15.1 Å². The summed E-state index contributed by atoms with van der Waals surface area (Å²) in [6.45, 7) is 3.31. The van der Waals surface area contributed by atoms with Crippen molar-refractivity contribution in [2.45, 2.75) is 44.8 Å². The number of aryl methyl sites for hydroxylation is 1. The fourth-order valence-electron chi connectivity index (χ4n) is 3.22. The molecule has 2 rings (SSSR count). The summed E-state index contributed by atoms with van der Waals surface area (Å²) in [5.41, 5.74) is 1.03. The van der Waals surface area contributed by atoms with Crippen molar-refractivity contribution in [2.24, 2.45) is 0 Å². The number of ether oxygens (including phenoxy) is 1. The normalized spacial score (nSPS) is 18.4. The van der Waals surface area contributed by atoms with E-state index >= 15 is 0 Å². The van der Waals surface area contributed by atoms with Gasteiger partial charge < -0.3 is 14.7 Å². The number of nitrogens with zero attached hydrogens (tertiary/aromatic N) is 2. The third-order valence-electron chi connectivity index (χ3n) is 4.77. The molecule has 0 bridgehead atoms. The number of carboxylic acid groups (broad SMARTS) is 1. The summed E-state index contributed by atoms with van der Waals surface area (Å²) in [6.07, 6.45) is 0.970. The molecule has 1 aromatic carbocycles. The first-order chi connectivity index (χ1) is 13.8. The molecule has 3 atom stereocenters. The van der Waals surface area contributed by atoms with Gasteiger partial charge in [-0.05, 0) is 32.3 Å². The van der Waals surface area contributed by atoms with Crippen LogP contribution in [0.15, 0.2) is 30.3 Å². The summed E-state index contributed by atoms with van der Waals surface area (Å²) in [5, 5.41) is 12.2. The molecule has 0 saturated carbocycles. The van der Waals surface area contributed by atoms with Crippen molar-refractivity contribution in [3.8, 4) is 0 Å². The molecule has 0 aromatic heterocycles. The Balaban J connectivity index is 2.09. The van der Waals surface area contributed by atoms with Crippen LogP contribution in [0.25, 0.3) is 0 Å². The summed E-state index contributed by atoms with van der Waals surface area (Å²) >= 11 is 0. The third-order valence-corrected chi connectivity index (χ3v) is 4.77. The van der Waals surface area contributed by atoms with E-state index in [1.165, 1.54) is 18.9 Å². The van der Waals surface area contributed by atoms with Crippen LogP contribution < -0.4 is 5.32 Å². The van der Waals surface area contributed by atoms with Gasteiger partial charge in [-0.2, -0.15) is 0 Å². The number of imide groups is 1. The second-order valence-electron chi connectivity index (χ2n) is 6.94. The van der Waals surface area contributed by atoms with Gasteiger partial charge in [-0.15, -0.1) is 0 Å². The van der Waals surface area contributed by atoms with Crippen LogP contribution in [0.1, 0.15) is 25.8 Å². The summed E-state index contributed by atoms with van der Waals surface area (Å²) in [7, 11) is 1.44. The highest BCUT2D eigenvalue weighted by atomic mass is 16.5. The number of amides is 3. The average Bonchev–Trinajstić information content (AvgIpc) is 3.00. The lowest BCUT2D eigenvalue weighted by molar-refractivity contribution is -0.148. The Labute approximate surface area is 169 Å². The number of hydrogen-bond acceptors (Lipinski definition) is 6. The van der Waals surface area contributed by atoms with Crippen LogP contribution in [0, 0.1) is 0 Å². The maximum atomic E-state index is 12.8. The van der Waals surface area contributed by atoms with Gasteiger partial charge in [0.1, 0.15) is 6.04 Å². The van der Waals surface area contributed by atoms with E-state index in [0.717, 1.165) is 10.5 Å². The first-order valence-electron chi connectivity index (χ1n) is 9.53. The van der Waals surface area contributed by atoms with Gasteiger partial charge in [-0.25, -0.2) is 14.5 Å². The van der Waals surface area contributed by atoms with Crippen LogP contribution in [0.5, 0.6) is 0 Å². The van der Waals surface area contributed by atoms with Crippen molar-refractivity contribution in [1.29, 1.82) is 0 Å². The average molecular weight is 405 g/mol. The van der Waals surface area contributed by atoms with Gasteiger partial charge in [0.15, 0.2) is 6.04 Å². The molecule has 3 amide bonds. The van der Waals surface area contributed by atoms with E-state index in [0.29, 0.717) is 12.8 Å². The summed E-state index contributed by atoms with van der Waals surface area (Å²) in [4.78, 5) is 50.8. The predicted octanol–water partition coefficient (Wildman–Crippen LogP) is 0.876. The van der Waals surface area contributed by atoms with E-state index in [-0.39, 0.29) is 13.2 Å². The summed E-state index contributed by atoms with van der Waals surface area (Å²) in [6, 6.07) is 5.92. The quantitative estimate of drug-likeness (QED) is 0.586. The zero-order valence-electron chi connectivity index (χ0n) is 16.8. The number of likely N-dealkylation sites (N-methyl/N-ethyl adjacent to an activating group) is 1. The molecule has 9 heteroatoms. The number of nitrogens with one attached hydrogen (secondary N) is 1. The first-order valence-corrected chi connectivity index (χ1v) is 9.53. The Kier molecular flexibility index (Phi) is 7.72. The first kappa shape index (κ1) is 22.4. The van der Waals surface area contributed by atoms with Gasteiger partial charge in [0.05, 0.1) is 19.2 Å². The second-order valence-corrected chi connectivity index (χ2v) is 6.94. The summed E-state index contributed by atoms with van der Waals surface area (Å²) in [5.74, 6) is -2.45. The van der Waals surface area contributed by atoms with E-state index in [9.17, 15) is 24.3 Å². The van der Waals surface area contributed by atoms with E-state index in [1.54, 1.807) is 6.92 Å². The SMILES string of the molecule is CCOC(=O)[C@@H](CCc1ccccc1)N[C@H](C)C(=O)N1C(=O)N(C)C[C@@H]1C(=O)O. The zero-order valence-corrected chi connectivity index (χ0v) is 16.8. The Morgan fingerprint density at radius 1 is 1.28 bits per heavy atom. The number of esters is 1. The Morgan fingerprint density at radius 2 is 1.93 bits per heavy atom. The lowest BCUT2D eigenvalue weighted by Gasteiger charge is -2.26. The van der Waals surface area contributed by atoms with Crippen LogP contribution in [-0.4, -0.2) is 77.1 Å². The minimum atomic E-state index is -1.26. The van der Waals surface area contributed by atoms with Gasteiger partial charge in [-0.3, -0.25) is 14.9 Å². The van der Waals surface area contributed by atoms with E-state index in [1.807, 2.05) is 30.3 Å². The monoisotopic (exact) mass is 405 g/mol. The fraction of sp³-hybridized carbons (Fsp3) is 0.500. The zero-order chi connectivity index (χ0) is 21.6. The number of rotatable bonds is 9. The molecule has 158 valence electrons. The van der Waals surface area contributed by atoms with Crippen molar-refractivity contribution < 1.29 is 29.0 Å². The van der Waals surface area contributed by atoms with Crippen molar-refractivity contribution >= 4 is 23.9 Å². The lowest BCUT2D eigenvalue weighted by atomic mass is 10.0. The van der Waals surface area contributed by atoms with Crippen molar-refractivity contribution in [3.05, 3.63) is 35.9 Å². The molecule has 0 radical (unpaired) electrons. The Morgan fingerprint density at radius 3 is 2.52 bits per heavy atom. The van der Waals surface area contributed by atoms with Gasteiger partial charge in [0.25, 0.3) is 0 Å². The Bertz CT molecular complexity index is 754. The molecular formula is C20H27N3O6. The molecule has 1 aromatic rings. The maximum absolute atomic E-state index is 12.8. The standard InChI is InChI=1S/C20H27N3O6/c1-4-29-19(27)15(11-10-14-8-6-5-7-9-14)21-13(2)17(24)23-16(18(25)26)12-22(3)20(23)28/h5-9,13,15-16,21H,4,10-12H2,1-3H3,(H,25,26)/t13-,15-,16-/m1/s1. The smallest absolute Gasteiger partial charge is 0.328 e. The molecule has 0 spiro atoms. The number of carboxylic acids is 1. The number of hydrogen-bond donors (Lipinski definition) is 2. The molecule has 1 fully saturated rings. The maximum Gasteiger partial charge on any atom is 0.328 e. The highest BCUT2D eigenvalue weighted by molar-refractivity contribution is 6.02. The topological polar surface area (TPSA) is 116 Å². The number of benzene rings is 1. The van der Waals surface area contributed by atoms with Crippen LogP contribution in [0.2, 0.25) is 0 Å². The molecule has 9 nitrogen and oxygen atoms in total. The van der Waals surface area contributed by atoms with Crippen molar-refractivity contribution in [3.63, 3.8) is 0 Å². The van der Waals surface area contributed by atoms with Crippen molar-refractivity contribution in [2.75, 3.05) is 20.2 Å². The lowest BCUT2D eigenvalue weighted by Crippen LogP contribution is -2.54. The van der Waals surface area contributed by atoms with Gasteiger partial charge >= 0.3 is 18.0 Å². The largest absolute Gasteiger partial charge is 0.480 e. The number of urea groups is 1. The molecule has 0 unspecified atom stereocenters. The minimum absolute atomic E-state index is 0.0814. The van der Waals surface area contributed by atoms with Gasteiger partial charge in [0.2, 0.25) is 5.91 Å². The molecular weight excluding hydrogens is 378 g/mol. The molecule has 1 aliphatic rings. The number of aliphatic carboxylic acids is 1. The number of carbonyl (C=O) groups excluding carboxylic acids is 3. The van der Waals surface area contributed by atoms with Crippen LogP contribution >= 0.6 is 0 Å². The predicted molar refractivity (Wildman–Crippen MR) is 104 cm³/mol. The molecule has 2 N–H and O–H groups in total. The van der Waals surface area contributed by atoms with Crippen LogP contribution in [0.4, 0.5) is 4.79 Å². The summed E-state index contributed by atoms with van der Waals surface area (Å²) < 4.78 is 5.10. The van der Waals surface area contributed by atoms with Crippen LogP contribution in [-0.2, 0) is 25.5 Å². The molecule has 1 aliphatic heterocycles. The van der Waals surface area contributed by atoms with E-state index < -0.39 is 42.0 Å². The Hall–Kier alpha value is -2.94. The van der Waals surface area contributed by atoms with E-state index in [2.05, 4.69) is 5.32 Å². The highest BCUT2D eigenvalue weighted by Gasteiger charge is 2.45. The highest BCUT2D eigenvalue weighted by Crippen LogP contribution is 2.17. The van der Waals surface area contributed by atoms with Crippen LogP contribution in [0.3, 0.4) is 0 Å².